The number of aromatic nitrogens is 2. The van der Waals surface area contributed by atoms with Gasteiger partial charge in [0, 0.05) is 55.3 Å². The van der Waals surface area contributed by atoms with Gasteiger partial charge in [0.05, 0.1) is 18.2 Å². The maximum Gasteiger partial charge on any atom is 0.225 e. The van der Waals surface area contributed by atoms with Gasteiger partial charge in [-0.3, -0.25) is 4.90 Å². The van der Waals surface area contributed by atoms with Crippen LogP contribution in [0.3, 0.4) is 0 Å². The molecule has 1 spiro atoms. The van der Waals surface area contributed by atoms with E-state index < -0.39 is 0 Å². The highest BCUT2D eigenvalue weighted by atomic mass is 32.1. The second-order valence-electron chi connectivity index (χ2n) is 6.98. The predicted octanol–water partition coefficient (Wildman–Crippen LogP) is 2.72. The molecule has 0 saturated carbocycles. The van der Waals surface area contributed by atoms with E-state index in [1.54, 1.807) is 12.4 Å². The van der Waals surface area contributed by atoms with Crippen molar-refractivity contribution in [1.82, 2.24) is 14.9 Å². The highest BCUT2D eigenvalue weighted by Gasteiger charge is 2.46. The Balaban J connectivity index is 1.37. The Morgan fingerprint density at radius 3 is 2.96 bits per heavy atom. The van der Waals surface area contributed by atoms with Crippen LogP contribution in [0, 0.1) is 6.92 Å². The van der Waals surface area contributed by atoms with E-state index in [1.807, 2.05) is 17.4 Å². The highest BCUT2D eigenvalue weighted by Crippen LogP contribution is 2.38. The summed E-state index contributed by atoms with van der Waals surface area (Å²) in [6, 6.07) is 6.67. The number of thiophene rings is 1. The third-order valence-electron chi connectivity index (χ3n) is 5.18. The van der Waals surface area contributed by atoms with Crippen LogP contribution in [0.25, 0.3) is 0 Å². The number of likely N-dealkylation sites (N-methyl/N-ethyl adjacent to an activating group) is 1. The molecule has 128 valence electrons. The summed E-state index contributed by atoms with van der Waals surface area (Å²) in [6.45, 7) is 6.14. The number of ether oxygens (including phenoxy) is 1. The van der Waals surface area contributed by atoms with Crippen LogP contribution >= 0.6 is 11.3 Å². The topological polar surface area (TPSA) is 41.5 Å². The van der Waals surface area contributed by atoms with E-state index in [0.29, 0.717) is 6.04 Å². The molecule has 4 rings (SSSR count). The first-order valence-electron chi connectivity index (χ1n) is 8.55. The second kappa shape index (κ2) is 6.43. The molecule has 2 unspecified atom stereocenters. The molecule has 2 aliphatic heterocycles. The lowest BCUT2D eigenvalue weighted by Crippen LogP contribution is -2.36. The molecular weight excluding hydrogens is 320 g/mol. The lowest BCUT2D eigenvalue weighted by molar-refractivity contribution is 0.0119. The van der Waals surface area contributed by atoms with Crippen molar-refractivity contribution in [2.24, 2.45) is 0 Å². The smallest absolute Gasteiger partial charge is 0.225 e. The van der Waals surface area contributed by atoms with E-state index in [9.17, 15) is 0 Å². The molecule has 0 radical (unpaired) electrons. The Kier molecular flexibility index (Phi) is 4.28. The summed E-state index contributed by atoms with van der Waals surface area (Å²) in [5, 5.41) is 0. The van der Waals surface area contributed by atoms with Crippen LogP contribution in [0.5, 0.6) is 0 Å². The predicted molar refractivity (Wildman–Crippen MR) is 96.5 cm³/mol. The van der Waals surface area contributed by atoms with Crippen molar-refractivity contribution in [2.75, 3.05) is 31.6 Å². The number of aryl methyl sites for hydroxylation is 1. The lowest BCUT2D eigenvalue weighted by atomic mass is 9.97. The molecular formula is C18H24N4OS. The Morgan fingerprint density at radius 1 is 1.38 bits per heavy atom. The fourth-order valence-electron chi connectivity index (χ4n) is 3.84. The monoisotopic (exact) mass is 344 g/mol. The molecule has 2 aromatic rings. The minimum Gasteiger partial charge on any atom is -0.371 e. The number of likely N-dealkylation sites (tertiary alicyclic amines) is 1. The largest absolute Gasteiger partial charge is 0.371 e. The normalized spacial score (nSPS) is 27.2. The van der Waals surface area contributed by atoms with Gasteiger partial charge < -0.3 is 9.64 Å². The molecule has 6 heteroatoms. The zero-order valence-corrected chi connectivity index (χ0v) is 15.1. The summed E-state index contributed by atoms with van der Waals surface area (Å²) >= 11 is 1.90. The number of hydrogen-bond donors (Lipinski definition) is 0. The first-order chi connectivity index (χ1) is 11.6. The van der Waals surface area contributed by atoms with Gasteiger partial charge in [-0.25, -0.2) is 9.97 Å². The fourth-order valence-corrected chi connectivity index (χ4v) is 4.78. The van der Waals surface area contributed by atoms with Crippen LogP contribution in [0.15, 0.2) is 30.6 Å². The quantitative estimate of drug-likeness (QED) is 0.853. The maximum absolute atomic E-state index is 6.29. The van der Waals surface area contributed by atoms with Gasteiger partial charge in [0.15, 0.2) is 0 Å². The number of hydrogen-bond acceptors (Lipinski definition) is 6. The highest BCUT2D eigenvalue weighted by molar-refractivity contribution is 7.11. The number of nitrogens with zero attached hydrogens (tertiary/aromatic N) is 4. The zero-order chi connectivity index (χ0) is 16.6. The van der Waals surface area contributed by atoms with E-state index in [1.165, 1.54) is 9.75 Å². The van der Waals surface area contributed by atoms with Crippen molar-refractivity contribution < 1.29 is 4.74 Å². The summed E-state index contributed by atoms with van der Waals surface area (Å²) in [5.74, 6) is 0.784. The third kappa shape index (κ3) is 3.18. The van der Waals surface area contributed by atoms with Gasteiger partial charge in [-0.2, -0.15) is 0 Å². The molecule has 0 aliphatic carbocycles. The molecule has 2 atom stereocenters. The van der Waals surface area contributed by atoms with Crippen LogP contribution in [0.1, 0.15) is 22.6 Å². The lowest BCUT2D eigenvalue weighted by Gasteiger charge is -2.26. The van der Waals surface area contributed by atoms with Crippen molar-refractivity contribution in [3.63, 3.8) is 0 Å². The summed E-state index contributed by atoms with van der Waals surface area (Å²) in [6.07, 6.45) is 5.77. The maximum atomic E-state index is 6.29. The summed E-state index contributed by atoms with van der Waals surface area (Å²) < 4.78 is 6.29. The summed E-state index contributed by atoms with van der Waals surface area (Å²) in [7, 11) is 2.07. The first-order valence-corrected chi connectivity index (χ1v) is 9.37. The van der Waals surface area contributed by atoms with Crippen molar-refractivity contribution in [3.05, 3.63) is 40.3 Å². The van der Waals surface area contributed by atoms with E-state index in [2.05, 4.69) is 45.9 Å². The molecule has 2 fully saturated rings. The number of rotatable bonds is 4. The standard InChI is InChI=1S/C18H24N4OS/c1-14-4-5-16(24-14)11-22-9-6-18(13-22)10-15(12-23-18)21(2)17-19-7-3-8-20-17/h3-5,7-8,15H,6,9-13H2,1-2H3. The Bertz CT molecular complexity index is 691. The molecule has 4 heterocycles. The van der Waals surface area contributed by atoms with E-state index in [-0.39, 0.29) is 5.60 Å². The van der Waals surface area contributed by atoms with E-state index >= 15 is 0 Å². The Labute approximate surface area is 147 Å². The molecule has 2 saturated heterocycles. The second-order valence-corrected chi connectivity index (χ2v) is 8.36. The Hall–Kier alpha value is -1.50. The minimum absolute atomic E-state index is 0.0139. The van der Waals surface area contributed by atoms with Gasteiger partial charge in [0.25, 0.3) is 0 Å². The molecule has 2 aromatic heterocycles. The molecule has 0 aromatic carbocycles. The van der Waals surface area contributed by atoms with Gasteiger partial charge in [-0.15, -0.1) is 11.3 Å². The summed E-state index contributed by atoms with van der Waals surface area (Å²) in [5.41, 5.74) is 0.0139. The third-order valence-corrected chi connectivity index (χ3v) is 6.16. The van der Waals surface area contributed by atoms with E-state index in [0.717, 1.165) is 45.0 Å². The fraction of sp³-hybridized carbons (Fsp3) is 0.556. The van der Waals surface area contributed by atoms with Crippen LogP contribution in [-0.4, -0.2) is 53.3 Å². The molecule has 0 bridgehead atoms. The first kappa shape index (κ1) is 16.0. The Morgan fingerprint density at radius 2 is 2.21 bits per heavy atom. The molecule has 2 aliphatic rings. The van der Waals surface area contributed by atoms with Crippen LogP contribution in [0.2, 0.25) is 0 Å². The molecule has 24 heavy (non-hydrogen) atoms. The molecule has 0 N–H and O–H groups in total. The van der Waals surface area contributed by atoms with Gasteiger partial charge in [0.1, 0.15) is 0 Å². The van der Waals surface area contributed by atoms with Crippen molar-refractivity contribution in [1.29, 1.82) is 0 Å². The number of anilines is 1. The SMILES string of the molecule is Cc1ccc(CN2CCC3(CC(N(C)c4ncccn4)CO3)C2)s1. The summed E-state index contributed by atoms with van der Waals surface area (Å²) in [4.78, 5) is 16.3. The van der Waals surface area contributed by atoms with Crippen LogP contribution in [0.4, 0.5) is 5.95 Å². The van der Waals surface area contributed by atoms with Crippen molar-refractivity contribution in [2.45, 2.75) is 38.0 Å². The average Bonchev–Trinajstić information content (AvgIpc) is 3.30. The van der Waals surface area contributed by atoms with Gasteiger partial charge in [-0.1, -0.05) is 0 Å². The van der Waals surface area contributed by atoms with Crippen molar-refractivity contribution in [3.8, 4) is 0 Å². The molecule has 5 nitrogen and oxygen atoms in total. The van der Waals surface area contributed by atoms with Gasteiger partial charge in [-0.05, 0) is 31.5 Å². The van der Waals surface area contributed by atoms with Crippen molar-refractivity contribution >= 4 is 17.3 Å². The van der Waals surface area contributed by atoms with E-state index in [4.69, 9.17) is 4.74 Å². The zero-order valence-electron chi connectivity index (χ0n) is 14.3. The minimum atomic E-state index is 0.0139. The van der Waals surface area contributed by atoms with Gasteiger partial charge in [0.2, 0.25) is 5.95 Å². The van der Waals surface area contributed by atoms with Gasteiger partial charge >= 0.3 is 0 Å². The van der Waals surface area contributed by atoms with Crippen LogP contribution < -0.4 is 4.90 Å². The molecule has 0 amide bonds. The average molecular weight is 344 g/mol. The van der Waals surface area contributed by atoms with Crippen LogP contribution in [-0.2, 0) is 11.3 Å².